The zero-order chi connectivity index (χ0) is 13.8. The third-order valence-electron chi connectivity index (χ3n) is 2.51. The number of carbonyl (C=O) groups is 1. The third-order valence-corrected chi connectivity index (χ3v) is 3.36. The quantitative estimate of drug-likeness (QED) is 0.756. The number of carbonyl (C=O) groups excluding carboxylic acids is 1. The van der Waals surface area contributed by atoms with Crippen LogP contribution in [0.5, 0.6) is 5.75 Å². The highest BCUT2D eigenvalue weighted by Crippen LogP contribution is 2.25. The summed E-state index contributed by atoms with van der Waals surface area (Å²) >= 11 is 9.33. The Hall–Kier alpha value is -1.39. The van der Waals surface area contributed by atoms with Gasteiger partial charge in [-0.1, -0.05) is 39.7 Å². The maximum absolute atomic E-state index is 13.6. The van der Waals surface area contributed by atoms with Gasteiger partial charge < -0.3 is 4.74 Å². The highest BCUT2D eigenvalue weighted by molar-refractivity contribution is 9.10. The molecule has 5 heteroatoms. The van der Waals surface area contributed by atoms with Crippen molar-refractivity contribution >= 4 is 33.8 Å². The molecule has 0 aromatic heterocycles. The van der Waals surface area contributed by atoms with Crippen LogP contribution in [0.15, 0.2) is 40.9 Å². The summed E-state index contributed by atoms with van der Waals surface area (Å²) in [6.45, 7) is 0.0912. The minimum Gasteiger partial charge on any atom is -0.485 e. The summed E-state index contributed by atoms with van der Waals surface area (Å²) in [7, 11) is 0. The van der Waals surface area contributed by atoms with Crippen LogP contribution in [0.25, 0.3) is 0 Å². The first-order valence-electron chi connectivity index (χ1n) is 5.42. The Balaban J connectivity index is 2.21. The van der Waals surface area contributed by atoms with Crippen molar-refractivity contribution in [3.8, 4) is 5.75 Å². The van der Waals surface area contributed by atoms with Crippen molar-refractivity contribution in [3.05, 3.63) is 62.8 Å². The minimum atomic E-state index is -0.571. The lowest BCUT2D eigenvalue weighted by Gasteiger charge is -2.10. The fourth-order valence-corrected chi connectivity index (χ4v) is 2.29. The minimum absolute atomic E-state index is 0.0588. The molecule has 0 N–H and O–H groups in total. The molecule has 0 radical (unpaired) electrons. The molecule has 0 bridgehead atoms. The Morgan fingerprint density at radius 2 is 2.11 bits per heavy atom. The summed E-state index contributed by atoms with van der Waals surface area (Å²) in [5, 5.41) is 0.512. The van der Waals surface area contributed by atoms with Gasteiger partial charge >= 0.3 is 0 Å². The summed E-state index contributed by atoms with van der Waals surface area (Å²) in [5.74, 6) is -0.630. The first-order chi connectivity index (χ1) is 9.11. The van der Waals surface area contributed by atoms with E-state index in [0.29, 0.717) is 16.9 Å². The molecule has 98 valence electrons. The van der Waals surface area contributed by atoms with Gasteiger partial charge in [0.15, 0.2) is 17.9 Å². The summed E-state index contributed by atoms with van der Waals surface area (Å²) < 4.78 is 19.8. The largest absolute Gasteiger partial charge is 0.485 e. The van der Waals surface area contributed by atoms with Gasteiger partial charge in [-0.25, -0.2) is 4.39 Å². The van der Waals surface area contributed by atoms with Crippen molar-refractivity contribution in [1.82, 2.24) is 0 Å². The van der Waals surface area contributed by atoms with Crippen molar-refractivity contribution in [2.45, 2.75) is 6.61 Å². The number of hydrogen-bond donors (Lipinski definition) is 0. The molecule has 0 aliphatic rings. The smallest absolute Gasteiger partial charge is 0.165 e. The fraction of sp³-hybridized carbons (Fsp3) is 0.0714. The molecule has 2 nitrogen and oxygen atoms in total. The van der Waals surface area contributed by atoms with Gasteiger partial charge in [-0.15, -0.1) is 0 Å². The van der Waals surface area contributed by atoms with Crippen molar-refractivity contribution in [3.63, 3.8) is 0 Å². The van der Waals surface area contributed by atoms with E-state index in [0.717, 1.165) is 4.47 Å². The highest BCUT2D eigenvalue weighted by Gasteiger charge is 2.10. The molecule has 2 rings (SSSR count). The van der Waals surface area contributed by atoms with Gasteiger partial charge in [0, 0.05) is 15.1 Å². The van der Waals surface area contributed by atoms with Crippen LogP contribution in [0.4, 0.5) is 4.39 Å². The number of hydrogen-bond acceptors (Lipinski definition) is 2. The second-order valence-corrected chi connectivity index (χ2v) is 5.12. The molecule has 0 heterocycles. The summed E-state index contributed by atoms with van der Waals surface area (Å²) in [5.41, 5.74) is 0.887. The maximum atomic E-state index is 13.6. The van der Waals surface area contributed by atoms with E-state index in [1.54, 1.807) is 12.1 Å². The van der Waals surface area contributed by atoms with Crippen LogP contribution in [0.1, 0.15) is 15.9 Å². The van der Waals surface area contributed by atoms with Crippen molar-refractivity contribution in [2.75, 3.05) is 0 Å². The van der Waals surface area contributed by atoms with Gasteiger partial charge in [0.25, 0.3) is 0 Å². The van der Waals surface area contributed by atoms with E-state index >= 15 is 0 Å². The molecule has 0 atom stereocenters. The summed E-state index contributed by atoms with van der Waals surface area (Å²) in [6.07, 6.45) is 0.557. The van der Waals surface area contributed by atoms with E-state index in [1.165, 1.54) is 18.2 Å². The van der Waals surface area contributed by atoms with E-state index in [-0.39, 0.29) is 17.9 Å². The number of para-hydroxylation sites is 1. The molecule has 0 aliphatic heterocycles. The molecule has 19 heavy (non-hydrogen) atoms. The zero-order valence-corrected chi connectivity index (χ0v) is 12.0. The van der Waals surface area contributed by atoms with Crippen molar-refractivity contribution in [2.24, 2.45) is 0 Å². The molecule has 0 aliphatic carbocycles. The second kappa shape index (κ2) is 6.17. The van der Waals surface area contributed by atoms with Crippen LogP contribution in [0.3, 0.4) is 0 Å². The normalized spacial score (nSPS) is 10.3. The van der Waals surface area contributed by atoms with Gasteiger partial charge in [-0.2, -0.15) is 0 Å². The average Bonchev–Trinajstić information content (AvgIpc) is 2.39. The van der Waals surface area contributed by atoms with E-state index < -0.39 is 5.82 Å². The van der Waals surface area contributed by atoms with Crippen molar-refractivity contribution < 1.29 is 13.9 Å². The van der Waals surface area contributed by atoms with Crippen LogP contribution in [0, 0.1) is 5.82 Å². The molecule has 0 saturated heterocycles. The van der Waals surface area contributed by atoms with E-state index in [4.69, 9.17) is 16.3 Å². The second-order valence-electron chi connectivity index (χ2n) is 3.80. The molecule has 0 unspecified atom stereocenters. The Kier molecular flexibility index (Phi) is 4.56. The SMILES string of the molecule is O=Cc1cccc(F)c1OCc1ccc(Br)cc1Cl. The van der Waals surface area contributed by atoms with Gasteiger partial charge in [0.05, 0.1) is 5.56 Å². The molecule has 2 aromatic carbocycles. The average molecular weight is 344 g/mol. The monoisotopic (exact) mass is 342 g/mol. The maximum Gasteiger partial charge on any atom is 0.165 e. The van der Waals surface area contributed by atoms with E-state index in [2.05, 4.69) is 15.9 Å². The fourth-order valence-electron chi connectivity index (χ4n) is 1.56. The molecule has 2 aromatic rings. The Labute approximate surface area is 123 Å². The Morgan fingerprint density at radius 1 is 1.32 bits per heavy atom. The molecule has 0 fully saturated rings. The Bertz CT molecular complexity index is 616. The predicted molar refractivity (Wildman–Crippen MR) is 75.3 cm³/mol. The standard InChI is InChI=1S/C14H9BrClFO2/c15-11-5-4-10(12(16)6-11)8-19-14-9(7-18)2-1-3-13(14)17/h1-7H,8H2. The number of aldehydes is 1. The number of benzene rings is 2. The molecular formula is C14H9BrClFO2. The van der Waals surface area contributed by atoms with Crippen LogP contribution in [-0.2, 0) is 6.61 Å². The Morgan fingerprint density at radius 3 is 2.79 bits per heavy atom. The van der Waals surface area contributed by atoms with Crippen LogP contribution in [0.2, 0.25) is 5.02 Å². The van der Waals surface area contributed by atoms with Gasteiger partial charge in [-0.3, -0.25) is 4.79 Å². The lowest BCUT2D eigenvalue weighted by atomic mass is 10.2. The number of halogens is 3. The van der Waals surface area contributed by atoms with Crippen LogP contribution < -0.4 is 4.74 Å². The number of rotatable bonds is 4. The van der Waals surface area contributed by atoms with Crippen LogP contribution in [-0.4, -0.2) is 6.29 Å². The zero-order valence-electron chi connectivity index (χ0n) is 9.70. The predicted octanol–water partition coefficient (Wildman–Crippen LogP) is 4.63. The first kappa shape index (κ1) is 14.0. The molecule has 0 saturated carbocycles. The topological polar surface area (TPSA) is 26.3 Å². The summed E-state index contributed by atoms with van der Waals surface area (Å²) in [6, 6.07) is 9.50. The first-order valence-corrected chi connectivity index (χ1v) is 6.59. The lowest BCUT2D eigenvalue weighted by molar-refractivity contribution is 0.111. The highest BCUT2D eigenvalue weighted by atomic mass is 79.9. The van der Waals surface area contributed by atoms with Crippen LogP contribution >= 0.6 is 27.5 Å². The molecular weight excluding hydrogens is 335 g/mol. The van der Waals surface area contributed by atoms with E-state index in [9.17, 15) is 9.18 Å². The molecule has 0 amide bonds. The van der Waals surface area contributed by atoms with Gasteiger partial charge in [-0.05, 0) is 24.3 Å². The number of ether oxygens (including phenoxy) is 1. The van der Waals surface area contributed by atoms with E-state index in [1.807, 2.05) is 6.07 Å². The van der Waals surface area contributed by atoms with Crippen molar-refractivity contribution in [1.29, 1.82) is 0 Å². The lowest BCUT2D eigenvalue weighted by Crippen LogP contribution is -2.01. The summed E-state index contributed by atoms with van der Waals surface area (Å²) in [4.78, 5) is 10.8. The van der Waals surface area contributed by atoms with Gasteiger partial charge in [0.1, 0.15) is 6.61 Å². The molecule has 0 spiro atoms. The third kappa shape index (κ3) is 3.33. The van der Waals surface area contributed by atoms with Gasteiger partial charge in [0.2, 0.25) is 0 Å².